The Balaban J connectivity index is 2.28. The van der Waals surface area contributed by atoms with Gasteiger partial charge in [-0.25, -0.2) is 0 Å². The highest BCUT2D eigenvalue weighted by Crippen LogP contribution is 2.34. The molecule has 0 radical (unpaired) electrons. The average Bonchev–Trinajstić information content (AvgIpc) is 2.54. The molecule has 0 saturated carbocycles. The summed E-state index contributed by atoms with van der Waals surface area (Å²) in [5, 5.41) is 3.73. The number of piperazine rings is 1. The molecule has 1 N–H and O–H groups in total. The van der Waals surface area contributed by atoms with Crippen molar-refractivity contribution in [3.63, 3.8) is 0 Å². The maximum Gasteiger partial charge on any atom is 0.121 e. The van der Waals surface area contributed by atoms with Crippen LogP contribution in [0.25, 0.3) is 0 Å². The second-order valence-corrected chi connectivity index (χ2v) is 6.79. The zero-order valence-electron chi connectivity index (χ0n) is 13.5. The van der Waals surface area contributed by atoms with E-state index in [1.807, 2.05) is 6.07 Å². The molecule has 3 unspecified atom stereocenters. The number of nitrogens with one attached hydrogen (secondary N) is 1. The second-order valence-electron chi connectivity index (χ2n) is 5.93. The molecule has 4 heteroatoms. The molecule has 0 spiro atoms. The van der Waals surface area contributed by atoms with E-state index in [0.29, 0.717) is 18.0 Å². The second kappa shape index (κ2) is 7.50. The first-order chi connectivity index (χ1) is 10.1. The molecule has 118 valence electrons. The Labute approximate surface area is 137 Å². The van der Waals surface area contributed by atoms with Gasteiger partial charge in [-0.1, -0.05) is 27.2 Å². The molecule has 0 aromatic heterocycles. The normalized spacial score (nSPS) is 24.0. The first-order valence-corrected chi connectivity index (χ1v) is 8.73. The molecule has 1 aromatic rings. The monoisotopic (exact) mass is 354 g/mol. The lowest BCUT2D eigenvalue weighted by atomic mass is 9.94. The van der Waals surface area contributed by atoms with Gasteiger partial charge in [0.15, 0.2) is 0 Å². The Morgan fingerprint density at radius 2 is 2.19 bits per heavy atom. The number of ether oxygens (including phenoxy) is 1. The van der Waals surface area contributed by atoms with Gasteiger partial charge >= 0.3 is 0 Å². The molecule has 1 aliphatic rings. The van der Waals surface area contributed by atoms with E-state index in [0.717, 1.165) is 29.7 Å². The Morgan fingerprint density at radius 1 is 1.43 bits per heavy atom. The molecule has 0 amide bonds. The Kier molecular flexibility index (Phi) is 5.94. The van der Waals surface area contributed by atoms with Gasteiger partial charge in [0.2, 0.25) is 0 Å². The summed E-state index contributed by atoms with van der Waals surface area (Å²) in [6, 6.07) is 7.32. The van der Waals surface area contributed by atoms with E-state index >= 15 is 0 Å². The van der Waals surface area contributed by atoms with Crippen molar-refractivity contribution in [2.24, 2.45) is 5.92 Å². The van der Waals surface area contributed by atoms with Gasteiger partial charge in [0.05, 0.1) is 12.8 Å². The van der Waals surface area contributed by atoms with E-state index in [1.165, 1.54) is 12.1 Å². The van der Waals surface area contributed by atoms with Crippen LogP contribution in [0.3, 0.4) is 0 Å². The maximum atomic E-state index is 5.40. The molecule has 0 aliphatic carbocycles. The minimum Gasteiger partial charge on any atom is -0.497 e. The number of anilines is 1. The van der Waals surface area contributed by atoms with Crippen LogP contribution in [0.2, 0.25) is 0 Å². The van der Waals surface area contributed by atoms with Crippen LogP contribution < -0.4 is 15.0 Å². The maximum absolute atomic E-state index is 5.40. The standard InChI is InChI=1S/C17H27BrN2O/c1-5-12(3)16-11-20(13(6-2)10-19-16)17-9-14(21-4)7-8-15(17)18/h7-9,12-13,16,19H,5-6,10-11H2,1-4H3. The van der Waals surface area contributed by atoms with Gasteiger partial charge in [0.1, 0.15) is 5.75 Å². The predicted octanol–water partition coefficient (Wildman–Crippen LogP) is 4.06. The van der Waals surface area contributed by atoms with Crippen LogP contribution in [-0.4, -0.2) is 32.3 Å². The topological polar surface area (TPSA) is 24.5 Å². The van der Waals surface area contributed by atoms with Crippen LogP contribution in [0.15, 0.2) is 22.7 Å². The van der Waals surface area contributed by atoms with Crippen molar-refractivity contribution in [3.05, 3.63) is 22.7 Å². The molecule has 3 atom stereocenters. The summed E-state index contributed by atoms with van der Waals surface area (Å²) in [5.41, 5.74) is 1.25. The van der Waals surface area contributed by atoms with Gasteiger partial charge in [-0.3, -0.25) is 0 Å². The fraction of sp³-hybridized carbons (Fsp3) is 0.647. The smallest absolute Gasteiger partial charge is 0.121 e. The lowest BCUT2D eigenvalue weighted by Crippen LogP contribution is -2.58. The summed E-state index contributed by atoms with van der Waals surface area (Å²) < 4.78 is 6.55. The van der Waals surface area contributed by atoms with Gasteiger partial charge < -0.3 is 15.0 Å². The van der Waals surface area contributed by atoms with Crippen LogP contribution in [0.4, 0.5) is 5.69 Å². The Hall–Kier alpha value is -0.740. The minimum atomic E-state index is 0.536. The molecule has 1 saturated heterocycles. The molecule has 0 bridgehead atoms. The summed E-state index contributed by atoms with van der Waals surface area (Å²) in [7, 11) is 1.73. The van der Waals surface area contributed by atoms with E-state index in [2.05, 4.69) is 59.1 Å². The number of hydrogen-bond acceptors (Lipinski definition) is 3. The first kappa shape index (κ1) is 16.6. The van der Waals surface area contributed by atoms with E-state index in [4.69, 9.17) is 4.74 Å². The average molecular weight is 355 g/mol. The largest absolute Gasteiger partial charge is 0.497 e. The quantitative estimate of drug-likeness (QED) is 0.862. The Bertz CT molecular complexity index is 466. The lowest BCUT2D eigenvalue weighted by molar-refractivity contribution is 0.306. The van der Waals surface area contributed by atoms with Crippen LogP contribution >= 0.6 is 15.9 Å². The molecule has 2 rings (SSSR count). The van der Waals surface area contributed by atoms with Gasteiger partial charge in [0, 0.05) is 35.7 Å². The van der Waals surface area contributed by atoms with Crippen molar-refractivity contribution >= 4 is 21.6 Å². The highest BCUT2D eigenvalue weighted by molar-refractivity contribution is 9.10. The van der Waals surface area contributed by atoms with E-state index in [1.54, 1.807) is 7.11 Å². The molecular weight excluding hydrogens is 328 g/mol. The summed E-state index contributed by atoms with van der Waals surface area (Å²) in [4.78, 5) is 2.54. The van der Waals surface area contributed by atoms with Gasteiger partial charge in [-0.05, 0) is 40.4 Å². The van der Waals surface area contributed by atoms with Crippen molar-refractivity contribution in [1.82, 2.24) is 5.32 Å². The van der Waals surface area contributed by atoms with Crippen LogP contribution in [0.5, 0.6) is 5.75 Å². The summed E-state index contributed by atoms with van der Waals surface area (Å²) in [5.74, 6) is 1.61. The van der Waals surface area contributed by atoms with E-state index in [-0.39, 0.29) is 0 Å². The molecule has 1 heterocycles. The van der Waals surface area contributed by atoms with Gasteiger partial charge in [0.25, 0.3) is 0 Å². The zero-order valence-corrected chi connectivity index (χ0v) is 15.1. The molecule has 1 aromatic carbocycles. The number of rotatable bonds is 5. The fourth-order valence-electron chi connectivity index (χ4n) is 2.99. The van der Waals surface area contributed by atoms with Crippen LogP contribution in [0, 0.1) is 5.92 Å². The van der Waals surface area contributed by atoms with Crippen molar-refractivity contribution in [3.8, 4) is 5.75 Å². The third-order valence-corrected chi connectivity index (χ3v) is 5.39. The van der Waals surface area contributed by atoms with Crippen LogP contribution in [-0.2, 0) is 0 Å². The summed E-state index contributed by atoms with van der Waals surface area (Å²) in [6.45, 7) is 8.97. The first-order valence-electron chi connectivity index (χ1n) is 7.94. The third-order valence-electron chi connectivity index (χ3n) is 4.71. The Morgan fingerprint density at radius 3 is 2.81 bits per heavy atom. The fourth-order valence-corrected chi connectivity index (χ4v) is 3.46. The van der Waals surface area contributed by atoms with Crippen LogP contribution in [0.1, 0.15) is 33.6 Å². The molecule has 1 aliphatic heterocycles. The third kappa shape index (κ3) is 3.72. The summed E-state index contributed by atoms with van der Waals surface area (Å²) in [6.07, 6.45) is 2.35. The number of methoxy groups -OCH3 is 1. The number of benzene rings is 1. The lowest BCUT2D eigenvalue weighted by Gasteiger charge is -2.44. The van der Waals surface area contributed by atoms with Gasteiger partial charge in [-0.15, -0.1) is 0 Å². The number of hydrogen-bond donors (Lipinski definition) is 1. The van der Waals surface area contributed by atoms with Crippen molar-refractivity contribution in [2.75, 3.05) is 25.1 Å². The molecular formula is C17H27BrN2O. The van der Waals surface area contributed by atoms with Gasteiger partial charge in [-0.2, -0.15) is 0 Å². The number of nitrogens with zero attached hydrogens (tertiary/aromatic N) is 1. The molecule has 21 heavy (non-hydrogen) atoms. The number of halogens is 1. The van der Waals surface area contributed by atoms with E-state index in [9.17, 15) is 0 Å². The SMILES string of the molecule is CCC(C)C1CN(c2cc(OC)ccc2Br)C(CC)CN1. The van der Waals surface area contributed by atoms with Crippen molar-refractivity contribution < 1.29 is 4.74 Å². The molecule has 3 nitrogen and oxygen atoms in total. The highest BCUT2D eigenvalue weighted by Gasteiger charge is 2.30. The highest BCUT2D eigenvalue weighted by atomic mass is 79.9. The summed E-state index contributed by atoms with van der Waals surface area (Å²) >= 11 is 3.71. The van der Waals surface area contributed by atoms with E-state index < -0.39 is 0 Å². The van der Waals surface area contributed by atoms with Crippen molar-refractivity contribution in [1.29, 1.82) is 0 Å². The zero-order chi connectivity index (χ0) is 15.4. The molecule has 1 fully saturated rings. The predicted molar refractivity (Wildman–Crippen MR) is 93.4 cm³/mol. The minimum absolute atomic E-state index is 0.536. The van der Waals surface area contributed by atoms with Crippen molar-refractivity contribution in [2.45, 2.75) is 45.7 Å².